The van der Waals surface area contributed by atoms with Gasteiger partial charge in [-0.3, -0.25) is 0 Å². The summed E-state index contributed by atoms with van der Waals surface area (Å²) < 4.78 is 5.00. The molecule has 0 radical (unpaired) electrons. The molecule has 0 aliphatic carbocycles. The zero-order chi connectivity index (χ0) is 10.6. The quantitative estimate of drug-likeness (QED) is 0.803. The Morgan fingerprint density at radius 1 is 1.71 bits per heavy atom. The molecule has 0 spiro atoms. The maximum atomic E-state index is 5.73. The molecule has 1 heterocycles. The van der Waals surface area contributed by atoms with Crippen molar-refractivity contribution in [2.24, 2.45) is 5.73 Å². The van der Waals surface area contributed by atoms with Gasteiger partial charge in [0.1, 0.15) is 0 Å². The first-order valence-corrected chi connectivity index (χ1v) is 5.44. The Morgan fingerprint density at radius 2 is 2.43 bits per heavy atom. The normalized spacial score (nSPS) is 12.9. The van der Waals surface area contributed by atoms with Crippen LogP contribution < -0.4 is 10.6 Å². The fourth-order valence-electron chi connectivity index (χ4n) is 0.985. The summed E-state index contributed by atoms with van der Waals surface area (Å²) in [6.07, 6.45) is 0. The summed E-state index contributed by atoms with van der Waals surface area (Å²) in [7, 11) is 3.70. The lowest BCUT2D eigenvalue weighted by atomic mass is 10.3. The highest BCUT2D eigenvalue weighted by molar-refractivity contribution is 7.13. The number of rotatable bonds is 5. The SMILES string of the molecule is COCCN(C)c1nc(C(C)N)cs1. The predicted molar refractivity (Wildman–Crippen MR) is 59.9 cm³/mol. The molecule has 4 nitrogen and oxygen atoms in total. The van der Waals surface area contributed by atoms with Crippen molar-refractivity contribution in [1.82, 2.24) is 4.98 Å². The van der Waals surface area contributed by atoms with Gasteiger partial charge in [0.05, 0.1) is 12.3 Å². The monoisotopic (exact) mass is 215 g/mol. The van der Waals surface area contributed by atoms with Gasteiger partial charge in [0.15, 0.2) is 5.13 Å². The van der Waals surface area contributed by atoms with Crippen molar-refractivity contribution in [3.8, 4) is 0 Å². The molecule has 0 aromatic carbocycles. The first kappa shape index (κ1) is 11.4. The topological polar surface area (TPSA) is 51.4 Å². The fraction of sp³-hybridized carbons (Fsp3) is 0.667. The third-order valence-electron chi connectivity index (χ3n) is 1.93. The Bertz CT molecular complexity index is 275. The second-order valence-corrected chi connectivity index (χ2v) is 4.09. The van der Waals surface area contributed by atoms with Gasteiger partial charge < -0.3 is 15.4 Å². The summed E-state index contributed by atoms with van der Waals surface area (Å²) >= 11 is 1.62. The van der Waals surface area contributed by atoms with Crippen LogP contribution >= 0.6 is 11.3 Å². The maximum absolute atomic E-state index is 5.73. The number of methoxy groups -OCH3 is 1. The zero-order valence-corrected chi connectivity index (χ0v) is 9.67. The minimum atomic E-state index is 0.0100. The molecule has 14 heavy (non-hydrogen) atoms. The second-order valence-electron chi connectivity index (χ2n) is 3.26. The molecule has 0 aliphatic rings. The van der Waals surface area contributed by atoms with E-state index in [-0.39, 0.29) is 6.04 Å². The molecule has 0 aliphatic heterocycles. The number of nitrogens with zero attached hydrogens (tertiary/aromatic N) is 2. The molecule has 80 valence electrons. The van der Waals surface area contributed by atoms with Gasteiger partial charge in [-0.1, -0.05) is 0 Å². The predicted octanol–water partition coefficient (Wildman–Crippen LogP) is 1.25. The Morgan fingerprint density at radius 3 is 2.93 bits per heavy atom. The van der Waals surface area contributed by atoms with Crippen LogP contribution in [0.3, 0.4) is 0 Å². The Hall–Kier alpha value is -0.650. The number of likely N-dealkylation sites (N-methyl/N-ethyl adjacent to an activating group) is 1. The van der Waals surface area contributed by atoms with Crippen LogP contribution in [-0.2, 0) is 4.74 Å². The molecular formula is C9H17N3OS. The van der Waals surface area contributed by atoms with Crippen molar-refractivity contribution in [2.75, 3.05) is 32.2 Å². The minimum absolute atomic E-state index is 0.0100. The molecule has 1 rings (SSSR count). The lowest BCUT2D eigenvalue weighted by Crippen LogP contribution is -2.22. The van der Waals surface area contributed by atoms with E-state index in [9.17, 15) is 0 Å². The number of thiazole rings is 1. The number of nitrogens with two attached hydrogens (primary N) is 1. The van der Waals surface area contributed by atoms with Gasteiger partial charge in [0.2, 0.25) is 0 Å². The van der Waals surface area contributed by atoms with E-state index in [0.717, 1.165) is 17.4 Å². The van der Waals surface area contributed by atoms with Crippen molar-refractivity contribution in [3.05, 3.63) is 11.1 Å². The molecule has 1 aromatic heterocycles. The van der Waals surface area contributed by atoms with Gasteiger partial charge in [0, 0.05) is 32.1 Å². The van der Waals surface area contributed by atoms with E-state index in [1.165, 1.54) is 0 Å². The van der Waals surface area contributed by atoms with Crippen LogP contribution in [0.2, 0.25) is 0 Å². The van der Waals surface area contributed by atoms with E-state index in [1.807, 2.05) is 19.4 Å². The number of aromatic nitrogens is 1. The van der Waals surface area contributed by atoms with E-state index >= 15 is 0 Å². The average molecular weight is 215 g/mol. The lowest BCUT2D eigenvalue weighted by molar-refractivity contribution is 0.206. The Labute approximate surface area is 88.7 Å². The van der Waals surface area contributed by atoms with Gasteiger partial charge in [-0.15, -0.1) is 11.3 Å². The average Bonchev–Trinajstić information content (AvgIpc) is 2.62. The highest BCUT2D eigenvalue weighted by Crippen LogP contribution is 2.21. The maximum Gasteiger partial charge on any atom is 0.185 e. The van der Waals surface area contributed by atoms with Crippen LogP contribution in [0.1, 0.15) is 18.7 Å². The number of hydrogen-bond donors (Lipinski definition) is 1. The van der Waals surface area contributed by atoms with Gasteiger partial charge in [0.25, 0.3) is 0 Å². The summed E-state index contributed by atoms with van der Waals surface area (Å²) in [4.78, 5) is 6.50. The number of anilines is 1. The molecule has 1 aromatic rings. The fourth-order valence-corrected chi connectivity index (χ4v) is 1.91. The molecule has 0 saturated carbocycles. The van der Waals surface area contributed by atoms with E-state index in [1.54, 1.807) is 18.4 Å². The van der Waals surface area contributed by atoms with Gasteiger partial charge in [-0.2, -0.15) is 0 Å². The van der Waals surface area contributed by atoms with E-state index in [0.29, 0.717) is 6.61 Å². The van der Waals surface area contributed by atoms with Crippen molar-refractivity contribution >= 4 is 16.5 Å². The molecule has 5 heteroatoms. The van der Waals surface area contributed by atoms with Crippen LogP contribution in [-0.4, -0.2) is 32.3 Å². The van der Waals surface area contributed by atoms with Crippen LogP contribution in [0.5, 0.6) is 0 Å². The van der Waals surface area contributed by atoms with Crippen molar-refractivity contribution in [1.29, 1.82) is 0 Å². The Kier molecular flexibility index (Phi) is 4.31. The second kappa shape index (κ2) is 5.29. The molecule has 0 bridgehead atoms. The molecular weight excluding hydrogens is 198 g/mol. The van der Waals surface area contributed by atoms with Crippen LogP contribution in [0.25, 0.3) is 0 Å². The van der Waals surface area contributed by atoms with E-state index in [2.05, 4.69) is 9.88 Å². The number of hydrogen-bond acceptors (Lipinski definition) is 5. The third kappa shape index (κ3) is 2.94. The van der Waals surface area contributed by atoms with Crippen molar-refractivity contribution in [3.63, 3.8) is 0 Å². The van der Waals surface area contributed by atoms with Gasteiger partial charge in [-0.25, -0.2) is 4.98 Å². The highest BCUT2D eigenvalue weighted by Gasteiger charge is 2.08. The summed E-state index contributed by atoms with van der Waals surface area (Å²) in [6, 6.07) is 0.0100. The van der Waals surface area contributed by atoms with Crippen LogP contribution in [0.4, 0.5) is 5.13 Å². The minimum Gasteiger partial charge on any atom is -0.383 e. The lowest BCUT2D eigenvalue weighted by Gasteiger charge is -2.14. The standard InChI is InChI=1S/C9H17N3OS/c1-7(10)8-6-14-9(11-8)12(2)4-5-13-3/h6-7H,4-5,10H2,1-3H3. The first-order chi connectivity index (χ1) is 6.65. The molecule has 2 N–H and O–H groups in total. The Balaban J connectivity index is 2.57. The van der Waals surface area contributed by atoms with E-state index < -0.39 is 0 Å². The molecule has 1 unspecified atom stereocenters. The summed E-state index contributed by atoms with van der Waals surface area (Å²) in [5.74, 6) is 0. The van der Waals surface area contributed by atoms with Crippen molar-refractivity contribution < 1.29 is 4.74 Å². The number of ether oxygens (including phenoxy) is 1. The molecule has 1 atom stereocenters. The first-order valence-electron chi connectivity index (χ1n) is 4.56. The summed E-state index contributed by atoms with van der Waals surface area (Å²) in [6.45, 7) is 3.50. The van der Waals surface area contributed by atoms with Gasteiger partial charge >= 0.3 is 0 Å². The van der Waals surface area contributed by atoms with Crippen molar-refractivity contribution in [2.45, 2.75) is 13.0 Å². The van der Waals surface area contributed by atoms with E-state index in [4.69, 9.17) is 10.5 Å². The van der Waals surface area contributed by atoms with Crippen LogP contribution in [0.15, 0.2) is 5.38 Å². The van der Waals surface area contributed by atoms with Crippen LogP contribution in [0, 0.1) is 0 Å². The smallest absolute Gasteiger partial charge is 0.185 e. The molecule has 0 fully saturated rings. The molecule has 0 saturated heterocycles. The summed E-state index contributed by atoms with van der Waals surface area (Å²) in [5.41, 5.74) is 6.68. The van der Waals surface area contributed by atoms with Gasteiger partial charge in [-0.05, 0) is 6.92 Å². The third-order valence-corrected chi connectivity index (χ3v) is 2.91. The zero-order valence-electron chi connectivity index (χ0n) is 8.86. The largest absolute Gasteiger partial charge is 0.383 e. The summed E-state index contributed by atoms with van der Waals surface area (Å²) in [5, 5.41) is 3.00. The highest BCUT2D eigenvalue weighted by atomic mass is 32.1. The molecule has 0 amide bonds.